The predicted molar refractivity (Wildman–Crippen MR) is 111 cm³/mol. The van der Waals surface area contributed by atoms with E-state index in [1.54, 1.807) is 44.2 Å². The van der Waals surface area contributed by atoms with Gasteiger partial charge in [-0.1, -0.05) is 23.8 Å². The lowest BCUT2D eigenvalue weighted by atomic mass is 10.1. The molecular weight excluding hydrogens is 408 g/mol. The van der Waals surface area contributed by atoms with Gasteiger partial charge in [-0.15, -0.1) is 0 Å². The van der Waals surface area contributed by atoms with E-state index in [2.05, 4.69) is 4.98 Å². The van der Waals surface area contributed by atoms with Crippen molar-refractivity contribution in [2.24, 2.45) is 0 Å². The number of aryl methyl sites for hydroxylation is 2. The number of esters is 1. The van der Waals surface area contributed by atoms with Crippen LogP contribution in [0.5, 0.6) is 5.75 Å². The van der Waals surface area contributed by atoms with Crippen molar-refractivity contribution < 1.29 is 27.2 Å². The molecule has 3 rings (SSSR count). The number of nitrogens with one attached hydrogen (secondary N) is 1. The zero-order valence-corrected chi connectivity index (χ0v) is 17.7. The van der Waals surface area contributed by atoms with Gasteiger partial charge in [-0.25, -0.2) is 14.2 Å². The number of hydrogen-bond donors (Lipinski definition) is 1. The molecule has 0 amide bonds. The second-order valence-corrected chi connectivity index (χ2v) is 8.54. The summed E-state index contributed by atoms with van der Waals surface area (Å²) in [6.45, 7) is 5.09. The maximum atomic E-state index is 13.1. The Labute approximate surface area is 174 Å². The first-order chi connectivity index (χ1) is 14.2. The first-order valence-electron chi connectivity index (χ1n) is 9.28. The molecule has 1 unspecified atom stereocenters. The van der Waals surface area contributed by atoms with E-state index >= 15 is 0 Å². The highest BCUT2D eigenvalue weighted by molar-refractivity contribution is 7.85. The number of pyridine rings is 1. The van der Waals surface area contributed by atoms with E-state index in [0.29, 0.717) is 11.1 Å². The summed E-state index contributed by atoms with van der Waals surface area (Å²) in [7, 11) is -4.30. The fraction of sp³-hybridized carbons (Fsp3) is 0.238. The zero-order valence-electron chi connectivity index (χ0n) is 16.8. The van der Waals surface area contributed by atoms with Gasteiger partial charge < -0.3 is 14.7 Å². The summed E-state index contributed by atoms with van der Waals surface area (Å²) in [5.74, 6) is -0.400. The third-order valence-corrected chi connectivity index (χ3v) is 5.96. The van der Waals surface area contributed by atoms with E-state index in [1.165, 1.54) is 18.2 Å². The maximum absolute atomic E-state index is 13.1. The molecule has 0 aliphatic carbocycles. The second kappa shape index (κ2) is 8.78. The van der Waals surface area contributed by atoms with E-state index in [9.17, 15) is 18.4 Å². The zero-order chi connectivity index (χ0) is 21.9. The van der Waals surface area contributed by atoms with Crippen molar-refractivity contribution in [1.82, 2.24) is 4.98 Å². The molecule has 1 heterocycles. The highest BCUT2D eigenvalue weighted by Gasteiger charge is 2.27. The molecule has 0 saturated carbocycles. The van der Waals surface area contributed by atoms with Gasteiger partial charge in [0.15, 0.2) is 12.3 Å². The summed E-state index contributed by atoms with van der Waals surface area (Å²) in [5.41, 5.74) is 1.64. The molecule has 0 spiro atoms. The van der Waals surface area contributed by atoms with Gasteiger partial charge in [0.1, 0.15) is 16.2 Å². The fourth-order valence-corrected chi connectivity index (χ4v) is 4.01. The Morgan fingerprint density at radius 2 is 1.80 bits per heavy atom. The third-order valence-electron chi connectivity index (χ3n) is 4.36. The molecule has 1 N–H and O–H groups in total. The van der Waals surface area contributed by atoms with Crippen molar-refractivity contribution in [3.05, 3.63) is 65.0 Å². The predicted octanol–water partition coefficient (Wildman–Crippen LogP) is 2.20. The molecule has 0 aliphatic rings. The number of ether oxygens (including phenoxy) is 2. The lowest BCUT2D eigenvalue weighted by Gasteiger charge is -2.22. The second-order valence-electron chi connectivity index (χ2n) is 6.69. The number of quaternary nitrogens is 1. The van der Waals surface area contributed by atoms with Gasteiger partial charge in [-0.2, -0.15) is 8.42 Å². The first kappa shape index (κ1) is 21.7. The Morgan fingerprint density at radius 3 is 2.47 bits per heavy atom. The number of sulfonamides is 1. The minimum atomic E-state index is -4.30. The molecule has 9 heteroatoms. The average molecular weight is 430 g/mol. The van der Waals surface area contributed by atoms with Crippen molar-refractivity contribution >= 4 is 32.6 Å². The summed E-state index contributed by atoms with van der Waals surface area (Å²) < 4.78 is 35.1. The highest BCUT2D eigenvalue weighted by atomic mass is 32.2. The summed E-state index contributed by atoms with van der Waals surface area (Å²) in [4.78, 5) is 15.8. The smallest absolute Gasteiger partial charge is 0.344 e. The van der Waals surface area contributed by atoms with Crippen molar-refractivity contribution in [1.29, 1.82) is 0 Å². The lowest BCUT2D eigenvalue weighted by molar-refractivity contribution is -0.623. The Bertz CT molecular complexity index is 1180. The van der Waals surface area contributed by atoms with Crippen LogP contribution in [0.1, 0.15) is 18.2 Å². The molecule has 2 aromatic carbocycles. The van der Waals surface area contributed by atoms with Gasteiger partial charge in [-0.3, -0.25) is 0 Å². The summed E-state index contributed by atoms with van der Waals surface area (Å²) in [6, 6.07) is 12.4. The maximum Gasteiger partial charge on any atom is 0.344 e. The summed E-state index contributed by atoms with van der Waals surface area (Å²) >= 11 is 0. The van der Waals surface area contributed by atoms with E-state index in [0.717, 1.165) is 5.56 Å². The molecule has 0 saturated heterocycles. The monoisotopic (exact) mass is 430 g/mol. The lowest BCUT2D eigenvalue weighted by Crippen LogP contribution is -3.04. The number of benzene rings is 2. The number of carbonyl (C=O) groups excluding carboxylic acids is 1. The van der Waals surface area contributed by atoms with Crippen LogP contribution >= 0.6 is 0 Å². The van der Waals surface area contributed by atoms with Gasteiger partial charge in [-0.05, 0) is 45.0 Å². The van der Waals surface area contributed by atoms with Crippen LogP contribution in [-0.4, -0.2) is 32.6 Å². The molecule has 3 aromatic rings. The number of nitrogens with zero attached hydrogens (tertiary/aromatic N) is 1. The minimum Gasteiger partial charge on any atom is -0.612 e. The molecule has 0 fully saturated rings. The van der Waals surface area contributed by atoms with Crippen LogP contribution < -0.4 is 9.21 Å². The Kier molecular flexibility index (Phi) is 6.35. The van der Waals surface area contributed by atoms with Crippen LogP contribution in [0.3, 0.4) is 0 Å². The Morgan fingerprint density at radius 1 is 1.10 bits per heavy atom. The molecular formula is C21H22N2O6S. The number of fused-ring (bicyclic) bond motifs is 1. The van der Waals surface area contributed by atoms with E-state index < -0.39 is 20.5 Å². The molecule has 0 bridgehead atoms. The number of aromatic nitrogens is 1. The average Bonchev–Trinajstić information content (AvgIpc) is 2.72. The van der Waals surface area contributed by atoms with Crippen molar-refractivity contribution in [3.8, 4) is 5.75 Å². The Balaban J connectivity index is 2.06. The molecule has 1 aromatic heterocycles. The normalized spacial score (nSPS) is 12.5. The summed E-state index contributed by atoms with van der Waals surface area (Å²) in [5, 5.41) is 13.6. The van der Waals surface area contributed by atoms with Gasteiger partial charge in [0, 0.05) is 17.1 Å². The van der Waals surface area contributed by atoms with Crippen molar-refractivity contribution in [2.45, 2.75) is 25.7 Å². The van der Waals surface area contributed by atoms with Crippen LogP contribution in [0.25, 0.3) is 10.9 Å². The minimum absolute atomic E-state index is 0.100. The van der Waals surface area contributed by atoms with Gasteiger partial charge >= 0.3 is 16.0 Å². The first-order valence-corrected chi connectivity index (χ1v) is 10.8. The molecule has 30 heavy (non-hydrogen) atoms. The molecule has 0 aliphatic heterocycles. The standard InChI is InChI=1S/C21H22N2O6S/c1-4-28-20(24)13-29-17-11-16-8-7-15(3)22-21(16)19(12-17)23(25)30(26,27)18-9-5-14(2)6-10-18/h5-12,23H,4,13H2,1-3H3. The van der Waals surface area contributed by atoms with E-state index in [-0.39, 0.29) is 35.1 Å². The van der Waals surface area contributed by atoms with Gasteiger partial charge in [0.2, 0.25) is 0 Å². The molecule has 158 valence electrons. The SMILES string of the molecule is CCOC(=O)COc1cc([NH+]([O-])S(=O)(=O)c2ccc(C)cc2)c2nc(C)ccc2c1. The number of rotatable bonds is 7. The van der Waals surface area contributed by atoms with Gasteiger partial charge in [0.25, 0.3) is 0 Å². The van der Waals surface area contributed by atoms with Crippen LogP contribution in [0, 0.1) is 19.1 Å². The number of carbonyl (C=O) groups is 1. The van der Waals surface area contributed by atoms with E-state index in [1.807, 2.05) is 6.92 Å². The van der Waals surface area contributed by atoms with E-state index in [4.69, 9.17) is 9.47 Å². The largest absolute Gasteiger partial charge is 0.612 e. The molecule has 0 radical (unpaired) electrons. The van der Waals surface area contributed by atoms with Crippen LogP contribution in [0.15, 0.2) is 53.4 Å². The van der Waals surface area contributed by atoms with Crippen molar-refractivity contribution in [2.75, 3.05) is 13.2 Å². The topological polar surface area (TPSA) is 110 Å². The third kappa shape index (κ3) is 4.59. The molecule has 8 nitrogen and oxygen atoms in total. The van der Waals surface area contributed by atoms with Crippen LogP contribution in [0.2, 0.25) is 0 Å². The summed E-state index contributed by atoms with van der Waals surface area (Å²) in [6.07, 6.45) is 0. The Hall–Kier alpha value is -3.01. The van der Waals surface area contributed by atoms with Crippen molar-refractivity contribution in [3.63, 3.8) is 0 Å². The number of hydrogen-bond acceptors (Lipinski definition) is 7. The van der Waals surface area contributed by atoms with Crippen LogP contribution in [-0.2, 0) is 19.6 Å². The van der Waals surface area contributed by atoms with Crippen LogP contribution in [0.4, 0.5) is 5.69 Å². The quantitative estimate of drug-likeness (QED) is 0.452. The fourth-order valence-electron chi connectivity index (χ4n) is 2.86. The van der Waals surface area contributed by atoms with Gasteiger partial charge in [0.05, 0.1) is 6.61 Å². The highest BCUT2D eigenvalue weighted by Crippen LogP contribution is 2.27. The molecule has 1 atom stereocenters.